The monoisotopic (exact) mass is 403 g/mol. The van der Waals surface area contributed by atoms with Gasteiger partial charge in [0.1, 0.15) is 5.75 Å². The minimum atomic E-state index is -0.457. The number of nitrogens with one attached hydrogen (secondary N) is 1. The van der Waals surface area contributed by atoms with Crippen LogP contribution in [0.2, 0.25) is 0 Å². The van der Waals surface area contributed by atoms with Crippen molar-refractivity contribution in [3.8, 4) is 5.75 Å². The molecule has 3 rings (SSSR count). The average Bonchev–Trinajstić information content (AvgIpc) is 3.30. The van der Waals surface area contributed by atoms with Crippen LogP contribution in [0, 0.1) is 10.1 Å². The molecule has 9 nitrogen and oxygen atoms in total. The summed E-state index contributed by atoms with van der Waals surface area (Å²) in [7, 11) is 0. The van der Waals surface area contributed by atoms with Crippen molar-refractivity contribution in [3.63, 3.8) is 0 Å². The van der Waals surface area contributed by atoms with E-state index < -0.39 is 4.92 Å². The topological polar surface area (TPSA) is 120 Å². The van der Waals surface area contributed by atoms with Gasteiger partial charge in [0.2, 0.25) is 10.3 Å². The van der Waals surface area contributed by atoms with Gasteiger partial charge >= 0.3 is 5.00 Å². The van der Waals surface area contributed by atoms with Crippen molar-refractivity contribution in [3.05, 3.63) is 57.0 Å². The molecule has 0 aliphatic heterocycles. The van der Waals surface area contributed by atoms with E-state index in [2.05, 4.69) is 20.5 Å². The number of nitrogens with zero attached hydrogens (tertiary/aromatic N) is 4. The van der Waals surface area contributed by atoms with Crippen LogP contribution < -0.4 is 10.1 Å². The van der Waals surface area contributed by atoms with Crippen molar-refractivity contribution >= 4 is 50.1 Å². The van der Waals surface area contributed by atoms with Gasteiger partial charge in [0, 0.05) is 17.8 Å². The fourth-order valence-electron chi connectivity index (χ4n) is 1.99. The van der Waals surface area contributed by atoms with E-state index in [0.29, 0.717) is 33.1 Å². The van der Waals surface area contributed by atoms with E-state index in [0.717, 1.165) is 22.7 Å². The third-order valence-electron chi connectivity index (χ3n) is 3.16. The molecule has 1 amide bonds. The number of benzene rings is 1. The Morgan fingerprint density at radius 2 is 2.04 bits per heavy atom. The number of aromatic nitrogens is 2. The molecule has 0 saturated carbocycles. The van der Waals surface area contributed by atoms with Crippen LogP contribution in [-0.4, -0.2) is 33.8 Å². The molecule has 1 aromatic carbocycles. The van der Waals surface area contributed by atoms with Gasteiger partial charge in [0.05, 0.1) is 16.4 Å². The summed E-state index contributed by atoms with van der Waals surface area (Å²) in [6, 6.07) is 9.76. The Balaban J connectivity index is 1.62. The van der Waals surface area contributed by atoms with E-state index in [1.807, 2.05) is 6.92 Å². The molecule has 2 aromatic heterocycles. The van der Waals surface area contributed by atoms with Crippen molar-refractivity contribution < 1.29 is 14.5 Å². The number of amides is 1. The first-order valence-electron chi connectivity index (χ1n) is 7.71. The number of rotatable bonds is 7. The maximum Gasteiger partial charge on any atom is 0.324 e. The number of hydrogen-bond acceptors (Lipinski definition) is 9. The number of thiophene rings is 1. The van der Waals surface area contributed by atoms with Crippen LogP contribution >= 0.6 is 22.7 Å². The molecule has 138 valence electrons. The molecule has 11 heteroatoms. The van der Waals surface area contributed by atoms with E-state index >= 15 is 0 Å². The number of nitro groups is 1. The smallest absolute Gasteiger partial charge is 0.324 e. The Hall–Kier alpha value is -3.18. The molecule has 0 saturated heterocycles. The fourth-order valence-corrected chi connectivity index (χ4v) is 3.26. The van der Waals surface area contributed by atoms with Crippen molar-refractivity contribution in [2.75, 3.05) is 11.9 Å². The summed E-state index contributed by atoms with van der Waals surface area (Å²) in [6.45, 7) is 2.44. The molecular weight excluding hydrogens is 390 g/mol. The van der Waals surface area contributed by atoms with E-state index in [1.165, 1.54) is 12.3 Å². The Kier molecular flexibility index (Phi) is 5.84. The number of ether oxygens (including phenoxy) is 1. The van der Waals surface area contributed by atoms with Gasteiger partial charge in [0.25, 0.3) is 5.91 Å². The minimum absolute atomic E-state index is 0.0389. The molecule has 3 aromatic rings. The number of hydrogen-bond donors (Lipinski definition) is 1. The van der Waals surface area contributed by atoms with Gasteiger partial charge in [-0.1, -0.05) is 22.7 Å². The predicted octanol–water partition coefficient (Wildman–Crippen LogP) is 3.91. The summed E-state index contributed by atoms with van der Waals surface area (Å²) in [5.41, 5.74) is 0.463. The zero-order chi connectivity index (χ0) is 19.2. The van der Waals surface area contributed by atoms with Gasteiger partial charge in [-0.25, -0.2) is 4.99 Å². The van der Waals surface area contributed by atoms with Gasteiger partial charge in [0.15, 0.2) is 0 Å². The molecule has 0 unspecified atom stereocenters. The number of anilines is 1. The van der Waals surface area contributed by atoms with Crippen LogP contribution in [0.1, 0.15) is 22.2 Å². The molecule has 2 heterocycles. The second-order valence-electron chi connectivity index (χ2n) is 4.99. The molecule has 0 bridgehead atoms. The summed E-state index contributed by atoms with van der Waals surface area (Å²) in [5, 5.41) is 21.7. The standard InChI is InChI=1S/C16H13N5O4S2/c1-2-25-11-5-3-10(4-6-11)14(22)18-16-20-19-15(27-16)17-9-12-7-8-13(26-12)21(23)24/h3-9H,2H2,1H3,(H,18,20,22). The zero-order valence-electron chi connectivity index (χ0n) is 14.0. The van der Waals surface area contributed by atoms with Crippen molar-refractivity contribution in [1.82, 2.24) is 10.2 Å². The maximum atomic E-state index is 12.2. The first kappa shape index (κ1) is 18.6. The molecule has 0 aliphatic carbocycles. The molecule has 1 N–H and O–H groups in total. The van der Waals surface area contributed by atoms with Gasteiger partial charge in [-0.15, -0.1) is 10.2 Å². The molecule has 27 heavy (non-hydrogen) atoms. The third-order valence-corrected chi connectivity index (χ3v) is 4.88. The summed E-state index contributed by atoms with van der Waals surface area (Å²) >= 11 is 2.10. The normalized spacial score (nSPS) is 10.9. The lowest BCUT2D eigenvalue weighted by Gasteiger charge is -2.04. The van der Waals surface area contributed by atoms with E-state index in [4.69, 9.17) is 4.74 Å². The third kappa shape index (κ3) is 4.92. The summed E-state index contributed by atoms with van der Waals surface area (Å²) < 4.78 is 5.34. The quantitative estimate of drug-likeness (QED) is 0.363. The van der Waals surface area contributed by atoms with Gasteiger partial charge in [-0.3, -0.25) is 20.2 Å². The van der Waals surface area contributed by atoms with Crippen molar-refractivity contribution in [2.24, 2.45) is 4.99 Å². The molecule has 0 radical (unpaired) electrons. The highest BCUT2D eigenvalue weighted by atomic mass is 32.1. The molecule has 0 spiro atoms. The van der Waals surface area contributed by atoms with Crippen LogP contribution in [0.15, 0.2) is 41.4 Å². The highest BCUT2D eigenvalue weighted by Crippen LogP contribution is 2.26. The van der Waals surface area contributed by atoms with E-state index in [1.54, 1.807) is 30.3 Å². The Labute approximate surface area is 161 Å². The molecule has 0 fully saturated rings. The van der Waals surface area contributed by atoms with Crippen LogP contribution in [-0.2, 0) is 0 Å². The van der Waals surface area contributed by atoms with E-state index in [-0.39, 0.29) is 10.9 Å². The lowest BCUT2D eigenvalue weighted by Crippen LogP contribution is -2.11. The Morgan fingerprint density at radius 3 is 2.70 bits per heavy atom. The van der Waals surface area contributed by atoms with Gasteiger partial charge in [-0.05, 0) is 37.3 Å². The SMILES string of the molecule is CCOc1ccc(C(=O)Nc2nnc(N=Cc3ccc([N+](=O)[O-])s3)s2)cc1. The fraction of sp³-hybridized carbons (Fsp3) is 0.125. The Bertz CT molecular complexity index is 981. The second kappa shape index (κ2) is 8.47. The van der Waals surface area contributed by atoms with E-state index in [9.17, 15) is 14.9 Å². The maximum absolute atomic E-state index is 12.2. The number of carbonyl (C=O) groups excluding carboxylic acids is 1. The predicted molar refractivity (Wildman–Crippen MR) is 104 cm³/mol. The van der Waals surface area contributed by atoms with Crippen molar-refractivity contribution in [2.45, 2.75) is 6.92 Å². The van der Waals surface area contributed by atoms with Gasteiger partial charge in [-0.2, -0.15) is 0 Å². The largest absolute Gasteiger partial charge is 0.494 e. The first-order chi connectivity index (χ1) is 13.0. The van der Waals surface area contributed by atoms with Crippen LogP contribution in [0.4, 0.5) is 15.3 Å². The second-order valence-corrected chi connectivity index (χ2v) is 7.04. The number of carbonyl (C=O) groups is 1. The summed E-state index contributed by atoms with van der Waals surface area (Å²) in [4.78, 5) is 27.2. The Morgan fingerprint density at radius 1 is 1.26 bits per heavy atom. The number of aliphatic imine (C=N–C) groups is 1. The van der Waals surface area contributed by atoms with Crippen LogP contribution in [0.3, 0.4) is 0 Å². The lowest BCUT2D eigenvalue weighted by molar-refractivity contribution is -0.380. The summed E-state index contributed by atoms with van der Waals surface area (Å²) in [6.07, 6.45) is 1.47. The summed E-state index contributed by atoms with van der Waals surface area (Å²) in [5.74, 6) is 0.369. The highest BCUT2D eigenvalue weighted by molar-refractivity contribution is 7.19. The average molecular weight is 403 g/mol. The minimum Gasteiger partial charge on any atom is -0.494 e. The van der Waals surface area contributed by atoms with Crippen molar-refractivity contribution in [1.29, 1.82) is 0 Å². The molecular formula is C16H13N5O4S2. The highest BCUT2D eigenvalue weighted by Gasteiger charge is 2.11. The first-order valence-corrected chi connectivity index (χ1v) is 9.34. The molecule has 0 aliphatic rings. The molecule has 0 atom stereocenters. The van der Waals surface area contributed by atoms with Gasteiger partial charge < -0.3 is 4.74 Å². The van der Waals surface area contributed by atoms with Crippen LogP contribution in [0.25, 0.3) is 0 Å². The lowest BCUT2D eigenvalue weighted by atomic mass is 10.2. The zero-order valence-corrected chi connectivity index (χ0v) is 15.6. The van der Waals surface area contributed by atoms with Crippen LogP contribution in [0.5, 0.6) is 5.75 Å².